The average molecular weight is 346 g/mol. The molecule has 5 nitrogen and oxygen atoms in total. The maximum Gasteiger partial charge on any atom is 0.274 e. The number of hydrogen-bond donors (Lipinski definition) is 1. The molecule has 0 aliphatic rings. The molecular formula is C20H15FN4O. The van der Waals surface area contributed by atoms with Crippen molar-refractivity contribution in [2.24, 2.45) is 5.10 Å². The van der Waals surface area contributed by atoms with Gasteiger partial charge in [-0.1, -0.05) is 12.1 Å². The number of nitrogens with one attached hydrogen (secondary N) is 1. The molecular weight excluding hydrogens is 331 g/mol. The van der Waals surface area contributed by atoms with Crippen LogP contribution in [0.15, 0.2) is 65.9 Å². The number of carbonyl (C=O) groups excluding carboxylic acids is 1. The van der Waals surface area contributed by atoms with Crippen molar-refractivity contribution >= 4 is 12.1 Å². The molecule has 0 radical (unpaired) electrons. The monoisotopic (exact) mass is 346 g/mol. The normalized spacial score (nSPS) is 10.7. The molecule has 1 N–H and O–H groups in total. The molecule has 3 rings (SSSR count). The minimum absolute atomic E-state index is 0.151. The van der Waals surface area contributed by atoms with Crippen LogP contribution in [0.1, 0.15) is 27.2 Å². The van der Waals surface area contributed by atoms with Gasteiger partial charge in [0.2, 0.25) is 0 Å². The lowest BCUT2D eigenvalue weighted by Gasteiger charge is -2.07. The molecule has 0 bridgehead atoms. The Balaban J connectivity index is 1.75. The lowest BCUT2D eigenvalue weighted by molar-refractivity contribution is 0.0951. The van der Waals surface area contributed by atoms with Crippen molar-refractivity contribution < 1.29 is 9.18 Å². The largest absolute Gasteiger partial charge is 0.316 e. The molecule has 1 aromatic heterocycles. The second-order valence-corrected chi connectivity index (χ2v) is 5.65. The zero-order chi connectivity index (χ0) is 18.5. The summed E-state index contributed by atoms with van der Waals surface area (Å²) in [5.74, 6) is -1.45. The molecule has 1 amide bonds. The molecule has 26 heavy (non-hydrogen) atoms. The minimum atomic E-state index is -0.764. The van der Waals surface area contributed by atoms with Gasteiger partial charge in [0.05, 0.1) is 29.1 Å². The Kier molecular flexibility index (Phi) is 4.90. The molecule has 2 aromatic carbocycles. The van der Waals surface area contributed by atoms with E-state index in [1.165, 1.54) is 18.3 Å². The summed E-state index contributed by atoms with van der Waals surface area (Å²) in [6.45, 7) is 2.01. The Morgan fingerprint density at radius 3 is 2.81 bits per heavy atom. The van der Waals surface area contributed by atoms with E-state index in [1.807, 2.05) is 60.2 Å². The van der Waals surface area contributed by atoms with E-state index >= 15 is 0 Å². The Morgan fingerprint density at radius 1 is 1.23 bits per heavy atom. The fraction of sp³-hybridized carbons (Fsp3) is 0.0500. The van der Waals surface area contributed by atoms with Gasteiger partial charge in [-0.25, -0.2) is 9.82 Å². The van der Waals surface area contributed by atoms with E-state index in [1.54, 1.807) is 0 Å². The highest BCUT2D eigenvalue weighted by molar-refractivity contribution is 5.95. The van der Waals surface area contributed by atoms with E-state index in [0.29, 0.717) is 0 Å². The number of halogens is 1. The van der Waals surface area contributed by atoms with E-state index in [9.17, 15) is 9.18 Å². The summed E-state index contributed by atoms with van der Waals surface area (Å²) in [6, 6.07) is 17.1. The molecule has 0 aliphatic heterocycles. The Bertz CT molecular complexity index is 1030. The number of hydrogen-bond acceptors (Lipinski definition) is 3. The van der Waals surface area contributed by atoms with Crippen molar-refractivity contribution in [3.8, 4) is 11.8 Å². The number of nitrogens with zero attached hydrogens (tertiary/aromatic N) is 3. The zero-order valence-corrected chi connectivity index (χ0v) is 14.0. The first-order valence-corrected chi connectivity index (χ1v) is 7.86. The molecule has 0 aliphatic carbocycles. The lowest BCUT2D eigenvalue weighted by atomic mass is 10.1. The lowest BCUT2D eigenvalue weighted by Crippen LogP contribution is -2.19. The van der Waals surface area contributed by atoms with Crippen LogP contribution >= 0.6 is 0 Å². The van der Waals surface area contributed by atoms with E-state index in [2.05, 4.69) is 10.5 Å². The van der Waals surface area contributed by atoms with Crippen LogP contribution in [0.2, 0.25) is 0 Å². The third kappa shape index (κ3) is 3.68. The van der Waals surface area contributed by atoms with Gasteiger partial charge in [0.15, 0.2) is 0 Å². The first-order chi connectivity index (χ1) is 12.6. The fourth-order valence-electron chi connectivity index (χ4n) is 2.50. The predicted octanol–water partition coefficient (Wildman–Crippen LogP) is 3.56. The number of hydrazone groups is 1. The van der Waals surface area contributed by atoms with E-state index in [4.69, 9.17) is 5.26 Å². The first kappa shape index (κ1) is 17.1. The molecule has 1 heterocycles. The quantitative estimate of drug-likeness (QED) is 0.580. The maximum absolute atomic E-state index is 13.8. The summed E-state index contributed by atoms with van der Waals surface area (Å²) in [7, 11) is 0. The van der Waals surface area contributed by atoms with Gasteiger partial charge < -0.3 is 4.57 Å². The van der Waals surface area contributed by atoms with Crippen LogP contribution < -0.4 is 5.43 Å². The van der Waals surface area contributed by atoms with Crippen molar-refractivity contribution in [3.63, 3.8) is 0 Å². The van der Waals surface area contributed by atoms with Gasteiger partial charge in [-0.15, -0.1) is 0 Å². The predicted molar refractivity (Wildman–Crippen MR) is 96.7 cm³/mol. The third-order valence-electron chi connectivity index (χ3n) is 3.77. The molecule has 128 valence electrons. The van der Waals surface area contributed by atoms with Crippen molar-refractivity contribution in [2.75, 3.05) is 0 Å². The average Bonchev–Trinajstić information content (AvgIpc) is 3.10. The number of nitriles is 1. The Hall–Kier alpha value is -3.72. The van der Waals surface area contributed by atoms with E-state index < -0.39 is 11.7 Å². The van der Waals surface area contributed by atoms with Crippen LogP contribution in [0.3, 0.4) is 0 Å². The van der Waals surface area contributed by atoms with Crippen molar-refractivity contribution in [1.82, 2.24) is 9.99 Å². The Labute approximate surface area is 150 Å². The van der Waals surface area contributed by atoms with Crippen molar-refractivity contribution in [1.29, 1.82) is 5.26 Å². The molecule has 0 unspecified atom stereocenters. The Morgan fingerprint density at radius 2 is 2.08 bits per heavy atom. The SMILES string of the molecule is Cc1cccc(-n2cccc2/C=N\NC(=O)c2ccc(C#N)cc2F)c1. The maximum atomic E-state index is 13.8. The number of benzene rings is 2. The van der Waals surface area contributed by atoms with Gasteiger partial charge in [0, 0.05) is 11.9 Å². The van der Waals surface area contributed by atoms with E-state index in [-0.39, 0.29) is 11.1 Å². The van der Waals surface area contributed by atoms with Gasteiger partial charge in [-0.2, -0.15) is 10.4 Å². The summed E-state index contributed by atoms with van der Waals surface area (Å²) in [4.78, 5) is 12.0. The first-order valence-electron chi connectivity index (χ1n) is 7.86. The molecule has 0 saturated carbocycles. The third-order valence-corrected chi connectivity index (χ3v) is 3.77. The van der Waals surface area contributed by atoms with Crippen LogP contribution in [0.4, 0.5) is 4.39 Å². The van der Waals surface area contributed by atoms with E-state index in [0.717, 1.165) is 23.0 Å². The highest BCUT2D eigenvalue weighted by atomic mass is 19.1. The van der Waals surface area contributed by atoms with Gasteiger partial charge >= 0.3 is 0 Å². The zero-order valence-electron chi connectivity index (χ0n) is 14.0. The summed E-state index contributed by atoms with van der Waals surface area (Å²) in [6.07, 6.45) is 3.38. The van der Waals surface area contributed by atoms with Crippen LogP contribution in [0.25, 0.3) is 5.69 Å². The molecule has 0 saturated heterocycles. The second kappa shape index (κ2) is 7.45. The van der Waals surface area contributed by atoms with Crippen LogP contribution in [-0.2, 0) is 0 Å². The van der Waals surface area contributed by atoms with Crippen LogP contribution in [0, 0.1) is 24.1 Å². The van der Waals surface area contributed by atoms with Crippen molar-refractivity contribution in [3.05, 3.63) is 89.0 Å². The highest BCUT2D eigenvalue weighted by Gasteiger charge is 2.11. The van der Waals surface area contributed by atoms with Gasteiger partial charge in [0.25, 0.3) is 5.91 Å². The highest BCUT2D eigenvalue weighted by Crippen LogP contribution is 2.13. The molecule has 0 spiro atoms. The molecule has 6 heteroatoms. The standard InChI is InChI=1S/C20H15FN4O/c1-14-4-2-5-16(10-14)25-9-3-6-17(25)13-23-24-20(26)18-8-7-15(12-22)11-19(18)21/h2-11,13H,1H3,(H,24,26)/b23-13-. The van der Waals surface area contributed by atoms with Crippen molar-refractivity contribution in [2.45, 2.75) is 6.92 Å². The van der Waals surface area contributed by atoms with Gasteiger partial charge in [0.1, 0.15) is 5.82 Å². The number of rotatable bonds is 4. The number of amides is 1. The number of carbonyl (C=O) groups is 1. The smallest absolute Gasteiger partial charge is 0.274 e. The summed E-state index contributed by atoms with van der Waals surface area (Å²) in [5.41, 5.74) is 5.14. The van der Waals surface area contributed by atoms with Gasteiger partial charge in [-0.3, -0.25) is 4.79 Å². The molecule has 0 atom stereocenters. The van der Waals surface area contributed by atoms with Crippen LogP contribution in [-0.4, -0.2) is 16.7 Å². The summed E-state index contributed by atoms with van der Waals surface area (Å²) < 4.78 is 15.8. The number of aryl methyl sites for hydroxylation is 1. The summed E-state index contributed by atoms with van der Waals surface area (Å²) >= 11 is 0. The molecule has 3 aromatic rings. The van der Waals surface area contributed by atoms with Gasteiger partial charge in [-0.05, 0) is 55.0 Å². The molecule has 0 fully saturated rings. The second-order valence-electron chi connectivity index (χ2n) is 5.65. The minimum Gasteiger partial charge on any atom is -0.316 e. The fourth-order valence-corrected chi connectivity index (χ4v) is 2.50. The summed E-state index contributed by atoms with van der Waals surface area (Å²) in [5, 5.41) is 12.6. The topological polar surface area (TPSA) is 70.2 Å². The van der Waals surface area contributed by atoms with Crippen LogP contribution in [0.5, 0.6) is 0 Å². The number of aromatic nitrogens is 1.